The fourth-order valence-corrected chi connectivity index (χ4v) is 4.45. The number of rotatable bonds is 5. The zero-order valence-corrected chi connectivity index (χ0v) is 18.8. The Kier molecular flexibility index (Phi) is 6.03. The zero-order valence-electron chi connectivity index (χ0n) is 18.8. The maximum Gasteiger partial charge on any atom is 0.149 e. The Balaban J connectivity index is 1.27. The van der Waals surface area contributed by atoms with Gasteiger partial charge in [-0.3, -0.25) is 9.97 Å². The number of aromatic nitrogens is 4. The second kappa shape index (κ2) is 9.24. The van der Waals surface area contributed by atoms with Crippen molar-refractivity contribution in [2.75, 3.05) is 36.5 Å². The summed E-state index contributed by atoms with van der Waals surface area (Å²) in [6, 6.07) is 4.62. The van der Waals surface area contributed by atoms with Gasteiger partial charge in [-0.05, 0) is 45.6 Å². The van der Waals surface area contributed by atoms with Gasteiger partial charge in [-0.15, -0.1) is 0 Å². The molecule has 1 saturated heterocycles. The lowest BCUT2D eigenvalue weighted by atomic mass is 9.93. The topological polar surface area (TPSA) is 85.3 Å². The number of anilines is 2. The summed E-state index contributed by atoms with van der Waals surface area (Å²) in [5.74, 6) is 1.69. The predicted molar refractivity (Wildman–Crippen MR) is 124 cm³/mol. The molecule has 3 aromatic rings. The highest BCUT2D eigenvalue weighted by molar-refractivity contribution is 5.85. The highest BCUT2D eigenvalue weighted by Crippen LogP contribution is 2.33. The molecule has 3 heterocycles. The van der Waals surface area contributed by atoms with Gasteiger partial charge in [0.15, 0.2) is 0 Å². The minimum Gasteiger partial charge on any atom is -0.488 e. The highest BCUT2D eigenvalue weighted by atomic mass is 16.5. The lowest BCUT2D eigenvalue weighted by Crippen LogP contribution is -2.36. The molecule has 2 fully saturated rings. The van der Waals surface area contributed by atoms with Crippen LogP contribution in [0.3, 0.4) is 0 Å². The normalized spacial score (nSPS) is 21.5. The van der Waals surface area contributed by atoms with E-state index >= 15 is 0 Å². The second-order valence-electron chi connectivity index (χ2n) is 8.63. The van der Waals surface area contributed by atoms with Crippen LogP contribution in [0.15, 0.2) is 30.7 Å². The van der Waals surface area contributed by atoms with E-state index in [0.29, 0.717) is 6.04 Å². The molecule has 32 heavy (non-hydrogen) atoms. The maximum absolute atomic E-state index is 6.52. The Labute approximate surface area is 188 Å². The van der Waals surface area contributed by atoms with Gasteiger partial charge in [-0.1, -0.05) is 0 Å². The molecule has 0 unspecified atom stereocenters. The average Bonchev–Trinajstić information content (AvgIpc) is 2.83. The summed E-state index contributed by atoms with van der Waals surface area (Å²) in [6.07, 6.45) is 9.50. The van der Waals surface area contributed by atoms with Crippen molar-refractivity contribution >= 4 is 22.5 Å². The molecule has 8 heteroatoms. The zero-order chi connectivity index (χ0) is 21.9. The quantitative estimate of drug-likeness (QED) is 0.651. The van der Waals surface area contributed by atoms with Gasteiger partial charge in [0, 0.05) is 43.3 Å². The smallest absolute Gasteiger partial charge is 0.149 e. The number of hydrogen-bond acceptors (Lipinski definition) is 8. The van der Waals surface area contributed by atoms with Crippen molar-refractivity contribution in [1.82, 2.24) is 19.9 Å². The van der Waals surface area contributed by atoms with Crippen molar-refractivity contribution in [3.63, 3.8) is 0 Å². The molecule has 1 aliphatic heterocycles. The van der Waals surface area contributed by atoms with Gasteiger partial charge in [0.05, 0.1) is 42.4 Å². The Morgan fingerprint density at radius 3 is 2.53 bits per heavy atom. The molecular formula is C24H30N6O2. The van der Waals surface area contributed by atoms with E-state index < -0.39 is 0 Å². The molecule has 1 saturated carbocycles. The molecule has 2 aromatic heterocycles. The first-order valence-electron chi connectivity index (χ1n) is 11.5. The third-order valence-electron chi connectivity index (χ3n) is 6.41. The van der Waals surface area contributed by atoms with Crippen LogP contribution in [0.5, 0.6) is 5.75 Å². The Hall–Kier alpha value is -3.00. The van der Waals surface area contributed by atoms with Crippen LogP contribution in [-0.4, -0.2) is 58.4 Å². The van der Waals surface area contributed by atoms with Gasteiger partial charge in [0.25, 0.3) is 0 Å². The van der Waals surface area contributed by atoms with Crippen molar-refractivity contribution in [1.29, 1.82) is 0 Å². The number of benzene rings is 1. The van der Waals surface area contributed by atoms with E-state index in [1.807, 2.05) is 20.0 Å². The van der Waals surface area contributed by atoms with Crippen LogP contribution in [0, 0.1) is 13.8 Å². The SMILES string of the molecule is Cc1ncc(N[C@H]2CC[C@@H](Oc3cc(N4CCOCC4)cc4nccnc34)CC2)nc1C. The van der Waals surface area contributed by atoms with Gasteiger partial charge in [-0.25, -0.2) is 9.97 Å². The van der Waals surface area contributed by atoms with Crippen molar-refractivity contribution in [2.45, 2.75) is 51.7 Å². The van der Waals surface area contributed by atoms with Gasteiger partial charge < -0.3 is 19.7 Å². The van der Waals surface area contributed by atoms with Crippen LogP contribution in [0.2, 0.25) is 0 Å². The fraction of sp³-hybridized carbons (Fsp3) is 0.500. The van der Waals surface area contributed by atoms with Crippen LogP contribution in [-0.2, 0) is 4.74 Å². The van der Waals surface area contributed by atoms with Crippen LogP contribution in [0.25, 0.3) is 11.0 Å². The Bertz CT molecular complexity index is 1080. The minimum absolute atomic E-state index is 0.170. The summed E-state index contributed by atoms with van der Waals surface area (Å²) in [5.41, 5.74) is 4.77. The lowest BCUT2D eigenvalue weighted by molar-refractivity contribution is 0.122. The molecule has 8 nitrogen and oxygen atoms in total. The predicted octanol–water partition coefficient (Wildman–Crippen LogP) is 3.68. The molecule has 0 bridgehead atoms. The summed E-state index contributed by atoms with van der Waals surface area (Å²) in [4.78, 5) is 20.5. The molecule has 0 spiro atoms. The van der Waals surface area contributed by atoms with Crippen molar-refractivity contribution in [2.24, 2.45) is 0 Å². The summed E-state index contributed by atoms with van der Waals surface area (Å²) < 4.78 is 12.0. The summed E-state index contributed by atoms with van der Waals surface area (Å²) in [6.45, 7) is 7.23. The molecule has 1 N–H and O–H groups in total. The van der Waals surface area contributed by atoms with E-state index in [4.69, 9.17) is 9.47 Å². The van der Waals surface area contributed by atoms with Crippen LogP contribution in [0.1, 0.15) is 37.1 Å². The molecule has 168 valence electrons. The number of ether oxygens (including phenoxy) is 2. The summed E-state index contributed by atoms with van der Waals surface area (Å²) in [5, 5.41) is 3.55. The van der Waals surface area contributed by atoms with E-state index in [1.54, 1.807) is 12.4 Å². The molecule has 0 radical (unpaired) electrons. The summed E-state index contributed by atoms with van der Waals surface area (Å²) >= 11 is 0. The number of nitrogens with zero attached hydrogens (tertiary/aromatic N) is 5. The number of morpholine rings is 1. The first kappa shape index (κ1) is 20.9. The van der Waals surface area contributed by atoms with Gasteiger partial charge in [0.1, 0.15) is 17.1 Å². The van der Waals surface area contributed by atoms with E-state index in [-0.39, 0.29) is 6.10 Å². The fourth-order valence-electron chi connectivity index (χ4n) is 4.45. The number of nitrogens with one attached hydrogen (secondary N) is 1. The van der Waals surface area contributed by atoms with Gasteiger partial charge >= 0.3 is 0 Å². The van der Waals surface area contributed by atoms with Gasteiger partial charge in [-0.2, -0.15) is 0 Å². The molecular weight excluding hydrogens is 404 g/mol. The van der Waals surface area contributed by atoms with E-state index in [1.165, 1.54) is 0 Å². The monoisotopic (exact) mass is 434 g/mol. The maximum atomic E-state index is 6.52. The number of aryl methyl sites for hydroxylation is 2. The Morgan fingerprint density at radius 2 is 1.75 bits per heavy atom. The first-order chi connectivity index (χ1) is 15.7. The molecule has 0 atom stereocenters. The minimum atomic E-state index is 0.170. The Morgan fingerprint density at radius 1 is 0.969 bits per heavy atom. The molecule has 1 aliphatic carbocycles. The van der Waals surface area contributed by atoms with Crippen molar-refractivity contribution < 1.29 is 9.47 Å². The van der Waals surface area contributed by atoms with E-state index in [2.05, 4.69) is 42.3 Å². The second-order valence-corrected chi connectivity index (χ2v) is 8.63. The average molecular weight is 435 g/mol. The molecule has 5 rings (SSSR count). The van der Waals surface area contributed by atoms with Crippen molar-refractivity contribution in [3.05, 3.63) is 42.1 Å². The third-order valence-corrected chi connectivity index (χ3v) is 6.41. The number of fused-ring (bicyclic) bond motifs is 1. The van der Waals surface area contributed by atoms with Crippen LogP contribution < -0.4 is 15.0 Å². The lowest BCUT2D eigenvalue weighted by Gasteiger charge is -2.31. The first-order valence-corrected chi connectivity index (χ1v) is 11.5. The van der Waals surface area contributed by atoms with Crippen LogP contribution >= 0.6 is 0 Å². The molecule has 1 aromatic carbocycles. The largest absolute Gasteiger partial charge is 0.488 e. The standard InChI is InChI=1S/C24H30N6O2/c1-16-17(2)28-23(15-27-16)29-18-3-5-20(6-4-18)32-22-14-19(30-9-11-31-12-10-30)13-21-24(22)26-8-7-25-21/h7-8,13-15,18,20H,3-6,9-12H2,1-2H3,(H,28,29)/t18-,20+. The van der Waals surface area contributed by atoms with E-state index in [9.17, 15) is 0 Å². The molecule has 0 amide bonds. The van der Waals surface area contributed by atoms with Gasteiger partial charge in [0.2, 0.25) is 0 Å². The third kappa shape index (κ3) is 4.60. The molecule has 2 aliphatic rings. The highest BCUT2D eigenvalue weighted by Gasteiger charge is 2.24. The number of hydrogen-bond donors (Lipinski definition) is 1. The van der Waals surface area contributed by atoms with Crippen LogP contribution in [0.4, 0.5) is 11.5 Å². The van der Waals surface area contributed by atoms with E-state index in [0.717, 1.165) is 91.7 Å². The van der Waals surface area contributed by atoms with Crippen molar-refractivity contribution in [3.8, 4) is 5.75 Å². The summed E-state index contributed by atoms with van der Waals surface area (Å²) in [7, 11) is 0.